The summed E-state index contributed by atoms with van der Waals surface area (Å²) in [5, 5.41) is 0. The Morgan fingerprint density at radius 1 is 1.24 bits per heavy atom. The molecule has 0 aromatic heterocycles. The molecule has 1 amide bonds. The number of nitrogens with zero attached hydrogens (tertiary/aromatic N) is 1. The van der Waals surface area contributed by atoms with Gasteiger partial charge in [-0.15, -0.1) is 0 Å². The molecule has 0 aliphatic heterocycles. The fourth-order valence-corrected chi connectivity index (χ4v) is 2.28. The molecule has 0 aliphatic rings. The van der Waals surface area contributed by atoms with Gasteiger partial charge in [0.15, 0.2) is 0 Å². The van der Waals surface area contributed by atoms with Crippen LogP contribution in [0.1, 0.15) is 32.4 Å². The number of carbonyl (C=O) groups excluding carboxylic acids is 2. The van der Waals surface area contributed by atoms with Gasteiger partial charge in [-0.3, -0.25) is 9.69 Å². The smallest absolute Gasteiger partial charge is 0.328 e. The predicted octanol–water partition coefficient (Wildman–Crippen LogP) is 1.73. The molecule has 1 unspecified atom stereocenters. The van der Waals surface area contributed by atoms with Crippen LogP contribution in [0.25, 0.3) is 0 Å². The minimum atomic E-state index is -0.610. The molecule has 1 rings (SSSR count). The van der Waals surface area contributed by atoms with E-state index in [4.69, 9.17) is 10.5 Å². The Morgan fingerprint density at radius 2 is 1.86 bits per heavy atom. The van der Waals surface area contributed by atoms with Crippen LogP contribution in [0, 0.1) is 5.92 Å². The Bertz CT molecular complexity index is 460. The second-order valence-electron chi connectivity index (χ2n) is 5.35. The van der Waals surface area contributed by atoms with Gasteiger partial charge in [-0.05, 0) is 18.4 Å². The van der Waals surface area contributed by atoms with Crippen LogP contribution in [0.3, 0.4) is 0 Å². The first-order valence-corrected chi connectivity index (χ1v) is 7.19. The predicted molar refractivity (Wildman–Crippen MR) is 81.4 cm³/mol. The molecule has 116 valence electrons. The largest absolute Gasteiger partial charge is 0.465 e. The summed E-state index contributed by atoms with van der Waals surface area (Å²) in [5.74, 6) is -0.517. The van der Waals surface area contributed by atoms with Crippen molar-refractivity contribution in [3.63, 3.8) is 0 Å². The van der Waals surface area contributed by atoms with E-state index in [1.165, 1.54) is 0 Å². The zero-order valence-electron chi connectivity index (χ0n) is 12.9. The Morgan fingerprint density at radius 3 is 2.33 bits per heavy atom. The normalized spacial score (nSPS) is 12.4. The Kier molecular flexibility index (Phi) is 6.88. The lowest BCUT2D eigenvalue weighted by molar-refractivity contribution is -0.150. The first kappa shape index (κ1) is 17.2. The van der Waals surface area contributed by atoms with Crippen LogP contribution in [0.2, 0.25) is 0 Å². The zero-order chi connectivity index (χ0) is 15.8. The van der Waals surface area contributed by atoms with Crippen LogP contribution in [0.15, 0.2) is 30.3 Å². The number of hydrogen-bond donors (Lipinski definition) is 1. The fraction of sp³-hybridized carbons (Fsp3) is 0.500. The maximum absolute atomic E-state index is 12.3. The van der Waals surface area contributed by atoms with Gasteiger partial charge in [-0.25, -0.2) is 4.79 Å². The van der Waals surface area contributed by atoms with Crippen molar-refractivity contribution in [2.75, 3.05) is 19.7 Å². The van der Waals surface area contributed by atoms with E-state index in [9.17, 15) is 9.59 Å². The molecule has 0 spiro atoms. The Labute approximate surface area is 126 Å². The van der Waals surface area contributed by atoms with Gasteiger partial charge in [0.05, 0.1) is 13.2 Å². The van der Waals surface area contributed by atoms with E-state index in [-0.39, 0.29) is 12.5 Å². The zero-order valence-corrected chi connectivity index (χ0v) is 12.9. The summed E-state index contributed by atoms with van der Waals surface area (Å²) in [4.78, 5) is 25.4. The number of esters is 1. The maximum atomic E-state index is 12.3. The van der Waals surface area contributed by atoms with Gasteiger partial charge < -0.3 is 10.5 Å². The van der Waals surface area contributed by atoms with Gasteiger partial charge >= 0.3 is 5.97 Å². The standard InChI is InChI=1S/C16H24N2O3/c1-4-21-16(20)15(13-8-6-5-7-9-13)18(10-12(2)3)11-14(17)19/h5-9,12,15H,4,10-11H2,1-3H3,(H2,17,19). The molecule has 0 aliphatic carbocycles. The van der Waals surface area contributed by atoms with Crippen LogP contribution < -0.4 is 5.73 Å². The van der Waals surface area contributed by atoms with Crippen molar-refractivity contribution in [3.8, 4) is 0 Å². The second kappa shape index (κ2) is 8.42. The molecule has 1 atom stereocenters. The minimum Gasteiger partial charge on any atom is -0.465 e. The fourth-order valence-electron chi connectivity index (χ4n) is 2.28. The molecule has 0 fully saturated rings. The average Bonchev–Trinajstić information content (AvgIpc) is 2.39. The van der Waals surface area contributed by atoms with Crippen molar-refractivity contribution in [3.05, 3.63) is 35.9 Å². The third kappa shape index (κ3) is 5.55. The molecule has 0 bridgehead atoms. The van der Waals surface area contributed by atoms with Gasteiger partial charge in [0, 0.05) is 6.54 Å². The number of amides is 1. The first-order chi connectivity index (χ1) is 9.95. The molecule has 1 aromatic carbocycles. The summed E-state index contributed by atoms with van der Waals surface area (Å²) in [5.41, 5.74) is 6.13. The third-order valence-corrected chi connectivity index (χ3v) is 2.95. The number of primary amides is 1. The van der Waals surface area contributed by atoms with Gasteiger partial charge in [0.25, 0.3) is 0 Å². The highest BCUT2D eigenvalue weighted by atomic mass is 16.5. The Hall–Kier alpha value is -1.88. The lowest BCUT2D eigenvalue weighted by Gasteiger charge is -2.30. The van der Waals surface area contributed by atoms with E-state index in [0.29, 0.717) is 19.1 Å². The van der Waals surface area contributed by atoms with E-state index in [2.05, 4.69) is 0 Å². The molecule has 1 aromatic rings. The number of rotatable bonds is 8. The topological polar surface area (TPSA) is 72.6 Å². The number of benzene rings is 1. The molecule has 21 heavy (non-hydrogen) atoms. The first-order valence-electron chi connectivity index (χ1n) is 7.19. The highest BCUT2D eigenvalue weighted by Crippen LogP contribution is 2.23. The molecule has 0 heterocycles. The molecular weight excluding hydrogens is 268 g/mol. The van der Waals surface area contributed by atoms with Gasteiger partial charge in [-0.1, -0.05) is 44.2 Å². The van der Waals surface area contributed by atoms with Crippen LogP contribution in [-0.4, -0.2) is 36.5 Å². The van der Waals surface area contributed by atoms with Crippen molar-refractivity contribution in [2.24, 2.45) is 11.7 Å². The maximum Gasteiger partial charge on any atom is 0.328 e. The van der Waals surface area contributed by atoms with Crippen LogP contribution >= 0.6 is 0 Å². The number of ether oxygens (including phenoxy) is 1. The van der Waals surface area contributed by atoms with Crippen molar-refractivity contribution in [2.45, 2.75) is 26.8 Å². The average molecular weight is 292 g/mol. The summed E-state index contributed by atoms with van der Waals surface area (Å²) in [6.07, 6.45) is 0. The van der Waals surface area contributed by atoms with E-state index in [1.807, 2.05) is 44.2 Å². The summed E-state index contributed by atoms with van der Waals surface area (Å²) in [6, 6.07) is 8.71. The minimum absolute atomic E-state index is 0.0244. The van der Waals surface area contributed by atoms with Crippen LogP contribution in [0.5, 0.6) is 0 Å². The quantitative estimate of drug-likeness (QED) is 0.741. The molecule has 5 nitrogen and oxygen atoms in total. The lowest BCUT2D eigenvalue weighted by Crippen LogP contribution is -2.42. The van der Waals surface area contributed by atoms with Crippen molar-refractivity contribution in [1.82, 2.24) is 4.90 Å². The third-order valence-electron chi connectivity index (χ3n) is 2.95. The molecule has 0 radical (unpaired) electrons. The summed E-state index contributed by atoms with van der Waals surface area (Å²) < 4.78 is 5.17. The molecule has 2 N–H and O–H groups in total. The summed E-state index contributed by atoms with van der Waals surface area (Å²) in [7, 11) is 0. The molecular formula is C16H24N2O3. The van der Waals surface area contributed by atoms with Crippen molar-refractivity contribution >= 4 is 11.9 Å². The van der Waals surface area contributed by atoms with Crippen LogP contribution in [0.4, 0.5) is 0 Å². The van der Waals surface area contributed by atoms with E-state index in [0.717, 1.165) is 5.56 Å². The van der Waals surface area contributed by atoms with Crippen molar-refractivity contribution < 1.29 is 14.3 Å². The van der Waals surface area contributed by atoms with Crippen molar-refractivity contribution in [1.29, 1.82) is 0 Å². The van der Waals surface area contributed by atoms with E-state index >= 15 is 0 Å². The highest BCUT2D eigenvalue weighted by Gasteiger charge is 2.30. The second-order valence-corrected chi connectivity index (χ2v) is 5.35. The van der Waals surface area contributed by atoms with Gasteiger partial charge in [0.2, 0.25) is 5.91 Å². The Balaban J connectivity index is 3.11. The molecule has 0 saturated carbocycles. The van der Waals surface area contributed by atoms with Gasteiger partial charge in [-0.2, -0.15) is 0 Å². The SMILES string of the molecule is CCOC(=O)C(c1ccccc1)N(CC(N)=O)CC(C)C. The van der Waals surface area contributed by atoms with E-state index < -0.39 is 11.9 Å². The van der Waals surface area contributed by atoms with Crippen LogP contribution in [-0.2, 0) is 14.3 Å². The highest BCUT2D eigenvalue weighted by molar-refractivity contribution is 5.80. The number of carbonyl (C=O) groups is 2. The number of nitrogens with two attached hydrogens (primary N) is 1. The molecule has 0 saturated heterocycles. The van der Waals surface area contributed by atoms with E-state index in [1.54, 1.807) is 11.8 Å². The molecule has 5 heteroatoms. The van der Waals surface area contributed by atoms with Gasteiger partial charge in [0.1, 0.15) is 6.04 Å². The monoisotopic (exact) mass is 292 g/mol. The summed E-state index contributed by atoms with van der Waals surface area (Å²) >= 11 is 0. The lowest BCUT2D eigenvalue weighted by atomic mass is 10.0. The summed E-state index contributed by atoms with van der Waals surface area (Å²) in [6.45, 7) is 6.73. The number of hydrogen-bond acceptors (Lipinski definition) is 4.